The lowest BCUT2D eigenvalue weighted by atomic mass is 10.5. The molecule has 0 atom stereocenters. The molecule has 0 N–H and O–H groups in total. The molecule has 84 valence electrons. The first-order valence-corrected chi connectivity index (χ1v) is 5.20. The van der Waals surface area contributed by atoms with Gasteiger partial charge in [0.05, 0.1) is 6.61 Å². The van der Waals surface area contributed by atoms with Crippen molar-refractivity contribution in [2.24, 2.45) is 0 Å². The van der Waals surface area contributed by atoms with E-state index in [1.807, 2.05) is 6.92 Å². The molecule has 0 aliphatic carbocycles. The summed E-state index contributed by atoms with van der Waals surface area (Å²) in [7, 11) is 0. The van der Waals surface area contributed by atoms with Crippen LogP contribution in [0.5, 0.6) is 6.01 Å². The highest BCUT2D eigenvalue weighted by molar-refractivity contribution is 6.28. The molecular weight excluding hydrogens is 230 g/mol. The molecule has 2 heterocycles. The van der Waals surface area contributed by atoms with Gasteiger partial charge in [-0.1, -0.05) is 6.92 Å². The Morgan fingerprint density at radius 1 is 1.38 bits per heavy atom. The summed E-state index contributed by atoms with van der Waals surface area (Å²) < 4.78 is 6.93. The van der Waals surface area contributed by atoms with Gasteiger partial charge in [0.1, 0.15) is 6.33 Å². The third-order valence-electron chi connectivity index (χ3n) is 1.75. The van der Waals surface area contributed by atoms with Crippen molar-refractivity contribution in [3.05, 3.63) is 24.0 Å². The Labute approximate surface area is 97.3 Å². The van der Waals surface area contributed by atoms with Crippen LogP contribution in [0.3, 0.4) is 0 Å². The highest BCUT2D eigenvalue weighted by atomic mass is 35.5. The van der Waals surface area contributed by atoms with Crippen molar-refractivity contribution in [3.63, 3.8) is 0 Å². The van der Waals surface area contributed by atoms with E-state index in [4.69, 9.17) is 16.3 Å². The Hall–Kier alpha value is -1.69. The van der Waals surface area contributed by atoms with Crippen LogP contribution in [0, 0.1) is 0 Å². The monoisotopic (exact) mass is 239 g/mol. The zero-order valence-corrected chi connectivity index (χ0v) is 9.42. The maximum absolute atomic E-state index is 5.77. The average molecular weight is 240 g/mol. The second-order valence-corrected chi connectivity index (χ2v) is 3.34. The number of imidazole rings is 1. The molecule has 0 saturated heterocycles. The topological polar surface area (TPSA) is 65.7 Å². The molecule has 2 rings (SSSR count). The lowest BCUT2D eigenvalue weighted by molar-refractivity contribution is 0.291. The summed E-state index contributed by atoms with van der Waals surface area (Å²) in [4.78, 5) is 15.8. The molecule has 0 amide bonds. The molecule has 2 aromatic heterocycles. The second kappa shape index (κ2) is 4.89. The van der Waals surface area contributed by atoms with Gasteiger partial charge in [0.15, 0.2) is 0 Å². The van der Waals surface area contributed by atoms with Crippen LogP contribution >= 0.6 is 11.6 Å². The van der Waals surface area contributed by atoms with Crippen LogP contribution in [-0.4, -0.2) is 31.1 Å². The first-order chi connectivity index (χ1) is 7.79. The number of rotatable bonds is 4. The van der Waals surface area contributed by atoms with Gasteiger partial charge >= 0.3 is 6.01 Å². The molecule has 2 aromatic rings. The predicted octanol–water partition coefficient (Wildman–Crippen LogP) is 1.50. The molecule has 6 nitrogen and oxygen atoms in total. The van der Waals surface area contributed by atoms with E-state index in [9.17, 15) is 0 Å². The minimum absolute atomic E-state index is 0.102. The van der Waals surface area contributed by atoms with Gasteiger partial charge in [-0.2, -0.15) is 15.0 Å². The van der Waals surface area contributed by atoms with E-state index in [-0.39, 0.29) is 11.3 Å². The van der Waals surface area contributed by atoms with Gasteiger partial charge in [-0.15, -0.1) is 0 Å². The van der Waals surface area contributed by atoms with Crippen molar-refractivity contribution in [3.8, 4) is 12.0 Å². The minimum Gasteiger partial charge on any atom is -0.463 e. The largest absolute Gasteiger partial charge is 0.463 e. The van der Waals surface area contributed by atoms with Gasteiger partial charge in [-0.25, -0.2) is 4.98 Å². The van der Waals surface area contributed by atoms with E-state index in [1.165, 1.54) is 0 Å². The predicted molar refractivity (Wildman–Crippen MR) is 57.7 cm³/mol. The van der Waals surface area contributed by atoms with Crippen molar-refractivity contribution < 1.29 is 4.74 Å². The van der Waals surface area contributed by atoms with Crippen LogP contribution in [-0.2, 0) is 0 Å². The summed E-state index contributed by atoms with van der Waals surface area (Å²) in [5.41, 5.74) is 0. The van der Waals surface area contributed by atoms with Gasteiger partial charge in [0, 0.05) is 12.4 Å². The molecule has 0 spiro atoms. The summed E-state index contributed by atoms with van der Waals surface area (Å²) in [5, 5.41) is 0.102. The molecule has 7 heteroatoms. The number of halogens is 1. The third-order valence-corrected chi connectivity index (χ3v) is 1.92. The Balaban J connectivity index is 2.29. The van der Waals surface area contributed by atoms with Crippen LogP contribution < -0.4 is 4.74 Å². The molecule has 0 unspecified atom stereocenters. The number of hydrogen-bond donors (Lipinski definition) is 0. The maximum atomic E-state index is 5.77. The highest BCUT2D eigenvalue weighted by Crippen LogP contribution is 2.11. The van der Waals surface area contributed by atoms with Crippen molar-refractivity contribution in [2.45, 2.75) is 13.3 Å². The first-order valence-electron chi connectivity index (χ1n) is 4.82. The second-order valence-electron chi connectivity index (χ2n) is 3.01. The van der Waals surface area contributed by atoms with Gasteiger partial charge < -0.3 is 4.74 Å². The van der Waals surface area contributed by atoms with Crippen LogP contribution in [0.25, 0.3) is 5.95 Å². The fourth-order valence-electron chi connectivity index (χ4n) is 1.07. The van der Waals surface area contributed by atoms with Crippen LogP contribution in [0.2, 0.25) is 5.28 Å². The summed E-state index contributed by atoms with van der Waals surface area (Å²) in [6, 6.07) is 0.227. The van der Waals surface area contributed by atoms with E-state index < -0.39 is 0 Å². The number of aromatic nitrogens is 5. The highest BCUT2D eigenvalue weighted by Gasteiger charge is 2.06. The third kappa shape index (κ3) is 2.46. The molecule has 0 aliphatic rings. The molecule has 0 fully saturated rings. The molecule has 0 bridgehead atoms. The zero-order valence-electron chi connectivity index (χ0n) is 8.67. The molecule has 0 aliphatic heterocycles. The van der Waals surface area contributed by atoms with Crippen LogP contribution in [0.1, 0.15) is 13.3 Å². The standard InChI is InChI=1S/C9H10ClN5O/c1-2-5-16-9-13-7(10)12-8(14-9)15-4-3-11-6-15/h3-4,6H,2,5H2,1H3. The number of ether oxygens (including phenoxy) is 1. The molecule has 0 saturated carbocycles. The Bertz CT molecular complexity index is 459. The van der Waals surface area contributed by atoms with Gasteiger partial charge in [-0.3, -0.25) is 4.57 Å². The molecule has 0 aromatic carbocycles. The number of hydrogen-bond acceptors (Lipinski definition) is 5. The van der Waals surface area contributed by atoms with E-state index >= 15 is 0 Å². The van der Waals surface area contributed by atoms with Crippen molar-refractivity contribution in [2.75, 3.05) is 6.61 Å². The van der Waals surface area contributed by atoms with Gasteiger partial charge in [-0.05, 0) is 18.0 Å². The first kappa shape index (κ1) is 10.8. The fraction of sp³-hybridized carbons (Fsp3) is 0.333. The smallest absolute Gasteiger partial charge is 0.322 e. The SMILES string of the molecule is CCCOc1nc(Cl)nc(-n2ccnc2)n1. The molecular formula is C9H10ClN5O. The van der Waals surface area contributed by atoms with Gasteiger partial charge in [0.25, 0.3) is 0 Å². The van der Waals surface area contributed by atoms with Crippen molar-refractivity contribution in [1.29, 1.82) is 0 Å². The molecule has 16 heavy (non-hydrogen) atoms. The van der Waals surface area contributed by atoms with Crippen LogP contribution in [0.4, 0.5) is 0 Å². The summed E-state index contributed by atoms with van der Waals surface area (Å²) in [6.45, 7) is 2.54. The summed E-state index contributed by atoms with van der Waals surface area (Å²) in [5.74, 6) is 0.392. The fourth-order valence-corrected chi connectivity index (χ4v) is 1.22. The Kier molecular flexibility index (Phi) is 3.31. The number of nitrogens with zero attached hydrogens (tertiary/aromatic N) is 5. The van der Waals surface area contributed by atoms with Crippen molar-refractivity contribution in [1.82, 2.24) is 24.5 Å². The maximum Gasteiger partial charge on any atom is 0.322 e. The normalized spacial score (nSPS) is 10.4. The lowest BCUT2D eigenvalue weighted by Gasteiger charge is -2.04. The zero-order chi connectivity index (χ0) is 11.4. The summed E-state index contributed by atoms with van der Waals surface area (Å²) >= 11 is 5.77. The quantitative estimate of drug-likeness (QED) is 0.809. The van der Waals surface area contributed by atoms with E-state index in [1.54, 1.807) is 23.3 Å². The van der Waals surface area contributed by atoms with E-state index in [0.717, 1.165) is 6.42 Å². The van der Waals surface area contributed by atoms with Crippen LogP contribution in [0.15, 0.2) is 18.7 Å². The Morgan fingerprint density at radius 2 is 2.25 bits per heavy atom. The van der Waals surface area contributed by atoms with Gasteiger partial charge in [0.2, 0.25) is 11.2 Å². The summed E-state index contributed by atoms with van der Waals surface area (Å²) in [6.07, 6.45) is 5.80. The van der Waals surface area contributed by atoms with Crippen molar-refractivity contribution >= 4 is 11.6 Å². The average Bonchev–Trinajstić information content (AvgIpc) is 2.79. The minimum atomic E-state index is 0.102. The van der Waals surface area contributed by atoms with E-state index in [2.05, 4.69) is 19.9 Å². The van der Waals surface area contributed by atoms with E-state index in [0.29, 0.717) is 12.6 Å². The molecule has 0 radical (unpaired) electrons. The lowest BCUT2D eigenvalue weighted by Crippen LogP contribution is -2.06. The Morgan fingerprint density at radius 3 is 2.94 bits per heavy atom.